The maximum atomic E-state index is 13.4. The normalized spacial score (nSPS) is 14.8. The van der Waals surface area contributed by atoms with Crippen LogP contribution in [0, 0.1) is 5.82 Å². The van der Waals surface area contributed by atoms with Crippen molar-refractivity contribution in [2.75, 3.05) is 12.4 Å². The summed E-state index contributed by atoms with van der Waals surface area (Å²) in [5, 5.41) is 6.00. The summed E-state index contributed by atoms with van der Waals surface area (Å²) in [6, 6.07) is 12.3. The van der Waals surface area contributed by atoms with Crippen LogP contribution in [0.4, 0.5) is 10.1 Å². The SMILES string of the molecule is CNC(c1cccc(F)c1)c1ccc2c(c1)CC(=O)N2. The van der Waals surface area contributed by atoms with Crippen LogP contribution < -0.4 is 10.6 Å². The topological polar surface area (TPSA) is 41.1 Å². The number of hydrogen-bond acceptors (Lipinski definition) is 2. The molecule has 0 bridgehead atoms. The van der Waals surface area contributed by atoms with Gasteiger partial charge in [0.1, 0.15) is 5.82 Å². The molecule has 0 saturated heterocycles. The summed E-state index contributed by atoms with van der Waals surface area (Å²) >= 11 is 0. The van der Waals surface area contributed by atoms with Crippen molar-refractivity contribution in [3.05, 3.63) is 65.0 Å². The molecule has 4 heteroatoms. The lowest BCUT2D eigenvalue weighted by Gasteiger charge is -2.18. The van der Waals surface area contributed by atoms with Gasteiger partial charge in [0.25, 0.3) is 0 Å². The maximum Gasteiger partial charge on any atom is 0.228 e. The molecule has 0 aliphatic carbocycles. The summed E-state index contributed by atoms with van der Waals surface area (Å²) in [5.74, 6) is -0.232. The molecule has 0 aromatic heterocycles. The summed E-state index contributed by atoms with van der Waals surface area (Å²) < 4.78 is 13.4. The Hall–Kier alpha value is -2.20. The zero-order valence-corrected chi connectivity index (χ0v) is 11.1. The highest BCUT2D eigenvalue weighted by molar-refractivity contribution is 5.99. The Morgan fingerprint density at radius 1 is 1.20 bits per heavy atom. The van der Waals surface area contributed by atoms with Crippen LogP contribution in [0.15, 0.2) is 42.5 Å². The van der Waals surface area contributed by atoms with Crippen molar-refractivity contribution in [1.82, 2.24) is 5.32 Å². The van der Waals surface area contributed by atoms with Crippen molar-refractivity contribution in [3.8, 4) is 0 Å². The van der Waals surface area contributed by atoms with Gasteiger partial charge in [-0.15, -0.1) is 0 Å². The lowest BCUT2D eigenvalue weighted by Crippen LogP contribution is -2.17. The highest BCUT2D eigenvalue weighted by Gasteiger charge is 2.20. The lowest BCUT2D eigenvalue weighted by atomic mass is 9.96. The molecule has 1 amide bonds. The van der Waals surface area contributed by atoms with Gasteiger partial charge in [-0.2, -0.15) is 0 Å². The summed E-state index contributed by atoms with van der Waals surface area (Å²) in [6.07, 6.45) is 0.406. The van der Waals surface area contributed by atoms with Crippen LogP contribution >= 0.6 is 0 Å². The van der Waals surface area contributed by atoms with Gasteiger partial charge < -0.3 is 10.6 Å². The number of halogens is 1. The predicted molar refractivity (Wildman–Crippen MR) is 76.1 cm³/mol. The number of fused-ring (bicyclic) bond motifs is 1. The van der Waals surface area contributed by atoms with Crippen LogP contribution in [0.1, 0.15) is 22.7 Å². The third-order valence-corrected chi connectivity index (χ3v) is 3.56. The Kier molecular flexibility index (Phi) is 3.24. The fraction of sp³-hybridized carbons (Fsp3) is 0.188. The molecule has 2 aromatic carbocycles. The van der Waals surface area contributed by atoms with E-state index in [2.05, 4.69) is 10.6 Å². The van der Waals surface area contributed by atoms with Gasteiger partial charge in [-0.25, -0.2) is 4.39 Å². The molecule has 20 heavy (non-hydrogen) atoms. The average Bonchev–Trinajstić information content (AvgIpc) is 2.79. The first-order chi connectivity index (χ1) is 9.67. The van der Waals surface area contributed by atoms with Gasteiger partial charge in [-0.05, 0) is 41.9 Å². The van der Waals surface area contributed by atoms with E-state index in [4.69, 9.17) is 0 Å². The zero-order valence-electron chi connectivity index (χ0n) is 11.1. The van der Waals surface area contributed by atoms with Gasteiger partial charge in [0.2, 0.25) is 5.91 Å². The quantitative estimate of drug-likeness (QED) is 0.900. The first-order valence-electron chi connectivity index (χ1n) is 6.53. The van der Waals surface area contributed by atoms with Crippen molar-refractivity contribution < 1.29 is 9.18 Å². The minimum absolute atomic E-state index is 0.0175. The fourth-order valence-electron chi connectivity index (χ4n) is 2.64. The molecule has 1 aliphatic rings. The van der Waals surface area contributed by atoms with Crippen molar-refractivity contribution >= 4 is 11.6 Å². The molecule has 1 heterocycles. The number of rotatable bonds is 3. The summed E-state index contributed by atoms with van der Waals surface area (Å²) in [6.45, 7) is 0. The number of nitrogens with one attached hydrogen (secondary N) is 2. The molecule has 1 aliphatic heterocycles. The van der Waals surface area contributed by atoms with E-state index in [1.165, 1.54) is 12.1 Å². The van der Waals surface area contributed by atoms with Crippen molar-refractivity contribution in [1.29, 1.82) is 0 Å². The van der Waals surface area contributed by atoms with E-state index in [0.29, 0.717) is 6.42 Å². The molecule has 3 nitrogen and oxygen atoms in total. The Labute approximate surface area is 116 Å². The third-order valence-electron chi connectivity index (χ3n) is 3.56. The van der Waals surface area contributed by atoms with Crippen LogP contribution in [-0.2, 0) is 11.2 Å². The summed E-state index contributed by atoms with van der Waals surface area (Å²) in [4.78, 5) is 11.4. The monoisotopic (exact) mass is 270 g/mol. The van der Waals surface area contributed by atoms with Crippen molar-refractivity contribution in [2.24, 2.45) is 0 Å². The first kappa shape index (κ1) is 12.8. The van der Waals surface area contributed by atoms with E-state index in [1.54, 1.807) is 6.07 Å². The molecule has 102 valence electrons. The van der Waals surface area contributed by atoms with Crippen LogP contribution in [-0.4, -0.2) is 13.0 Å². The van der Waals surface area contributed by atoms with E-state index in [0.717, 1.165) is 22.4 Å². The number of benzene rings is 2. The predicted octanol–water partition coefficient (Wildman–Crippen LogP) is 2.63. The minimum atomic E-state index is -0.249. The summed E-state index contributed by atoms with van der Waals surface area (Å²) in [7, 11) is 1.84. The smallest absolute Gasteiger partial charge is 0.228 e. The molecule has 1 unspecified atom stereocenters. The van der Waals surface area contributed by atoms with Crippen LogP contribution in [0.2, 0.25) is 0 Å². The molecule has 0 saturated carbocycles. The third kappa shape index (κ3) is 2.30. The largest absolute Gasteiger partial charge is 0.326 e. The van der Waals surface area contributed by atoms with Crippen LogP contribution in [0.25, 0.3) is 0 Å². The molecular weight excluding hydrogens is 255 g/mol. The molecule has 0 fully saturated rings. The maximum absolute atomic E-state index is 13.4. The molecular formula is C16H15FN2O. The van der Waals surface area contributed by atoms with Crippen molar-refractivity contribution in [3.63, 3.8) is 0 Å². The zero-order chi connectivity index (χ0) is 14.1. The second-order valence-electron chi connectivity index (χ2n) is 4.92. The Morgan fingerprint density at radius 3 is 2.75 bits per heavy atom. The average molecular weight is 270 g/mol. The van der Waals surface area contributed by atoms with Gasteiger partial charge in [0.05, 0.1) is 12.5 Å². The number of anilines is 1. The molecule has 0 radical (unpaired) electrons. The first-order valence-corrected chi connectivity index (χ1v) is 6.53. The Bertz CT molecular complexity index is 669. The Balaban J connectivity index is 1.98. The minimum Gasteiger partial charge on any atom is -0.326 e. The highest BCUT2D eigenvalue weighted by atomic mass is 19.1. The highest BCUT2D eigenvalue weighted by Crippen LogP contribution is 2.29. The van der Waals surface area contributed by atoms with E-state index in [9.17, 15) is 9.18 Å². The fourth-order valence-corrected chi connectivity index (χ4v) is 2.64. The Morgan fingerprint density at radius 2 is 2.00 bits per heavy atom. The number of hydrogen-bond donors (Lipinski definition) is 2. The molecule has 3 rings (SSSR count). The van der Waals surface area contributed by atoms with Gasteiger partial charge in [-0.3, -0.25) is 4.79 Å². The number of carbonyl (C=O) groups excluding carboxylic acids is 1. The second-order valence-corrected chi connectivity index (χ2v) is 4.92. The van der Waals surface area contributed by atoms with E-state index in [-0.39, 0.29) is 17.8 Å². The van der Waals surface area contributed by atoms with Crippen LogP contribution in [0.5, 0.6) is 0 Å². The molecule has 2 N–H and O–H groups in total. The van der Waals surface area contributed by atoms with Gasteiger partial charge >= 0.3 is 0 Å². The van der Waals surface area contributed by atoms with Gasteiger partial charge in [-0.1, -0.05) is 24.3 Å². The number of carbonyl (C=O) groups is 1. The molecule has 1 atom stereocenters. The van der Waals surface area contributed by atoms with E-state index < -0.39 is 0 Å². The standard InChI is InChI=1S/C16H15FN2O/c1-18-16(10-3-2-4-13(17)8-10)11-5-6-14-12(7-11)9-15(20)19-14/h2-8,16,18H,9H2,1H3,(H,19,20). The van der Waals surface area contributed by atoms with Gasteiger partial charge in [0, 0.05) is 5.69 Å². The number of amides is 1. The van der Waals surface area contributed by atoms with Crippen LogP contribution in [0.3, 0.4) is 0 Å². The lowest BCUT2D eigenvalue weighted by molar-refractivity contribution is -0.115. The van der Waals surface area contributed by atoms with Crippen molar-refractivity contribution in [2.45, 2.75) is 12.5 Å². The molecule has 2 aromatic rings. The molecule has 0 spiro atoms. The van der Waals surface area contributed by atoms with E-state index in [1.807, 2.05) is 31.3 Å². The van der Waals surface area contributed by atoms with Gasteiger partial charge in [0.15, 0.2) is 0 Å². The van der Waals surface area contributed by atoms with E-state index >= 15 is 0 Å². The summed E-state index contributed by atoms with van der Waals surface area (Å²) in [5.41, 5.74) is 3.75. The second kappa shape index (κ2) is 5.06.